The molecule has 0 radical (unpaired) electrons. The highest BCUT2D eigenvalue weighted by Gasteiger charge is 2.22. The zero-order valence-corrected chi connectivity index (χ0v) is 12.1. The average Bonchev–Trinajstić information content (AvgIpc) is 2.73. The van der Waals surface area contributed by atoms with E-state index in [4.69, 9.17) is 15.0 Å². The van der Waals surface area contributed by atoms with Crippen molar-refractivity contribution in [1.29, 1.82) is 0 Å². The second-order valence-corrected chi connectivity index (χ2v) is 5.74. The molecule has 0 unspecified atom stereocenters. The third kappa shape index (κ3) is 2.57. The van der Waals surface area contributed by atoms with Gasteiger partial charge in [0, 0.05) is 17.2 Å². The van der Waals surface area contributed by atoms with E-state index >= 15 is 0 Å². The summed E-state index contributed by atoms with van der Waals surface area (Å²) in [6.07, 6.45) is 0. The van der Waals surface area contributed by atoms with Crippen molar-refractivity contribution in [2.75, 3.05) is 12.8 Å². The first-order valence-corrected chi connectivity index (χ1v) is 6.24. The van der Waals surface area contributed by atoms with E-state index in [1.807, 2.05) is 13.0 Å². The van der Waals surface area contributed by atoms with E-state index in [0.29, 0.717) is 5.88 Å². The van der Waals surface area contributed by atoms with Crippen LogP contribution in [0.5, 0.6) is 5.75 Å². The van der Waals surface area contributed by atoms with Gasteiger partial charge in [-0.25, -0.2) is 0 Å². The van der Waals surface area contributed by atoms with Crippen LogP contribution in [-0.2, 0) is 5.41 Å². The summed E-state index contributed by atoms with van der Waals surface area (Å²) in [5.41, 5.74) is 9.52. The lowest BCUT2D eigenvalue weighted by molar-refractivity contribution is 0.394. The maximum absolute atomic E-state index is 5.58. The molecule has 0 spiro atoms. The van der Waals surface area contributed by atoms with E-state index in [0.717, 1.165) is 28.1 Å². The van der Waals surface area contributed by atoms with Crippen LogP contribution in [0, 0.1) is 6.92 Å². The zero-order chi connectivity index (χ0) is 14.2. The van der Waals surface area contributed by atoms with Crippen molar-refractivity contribution in [2.24, 2.45) is 0 Å². The normalized spacial score (nSPS) is 11.6. The van der Waals surface area contributed by atoms with Gasteiger partial charge in [0.15, 0.2) is 0 Å². The molecule has 4 heteroatoms. The number of rotatable bonds is 2. The fraction of sp³-hybridized carbons (Fsp3) is 0.400. The van der Waals surface area contributed by atoms with Gasteiger partial charge < -0.3 is 15.0 Å². The van der Waals surface area contributed by atoms with Crippen LogP contribution in [0.2, 0.25) is 0 Å². The Morgan fingerprint density at radius 2 is 1.89 bits per heavy atom. The predicted molar refractivity (Wildman–Crippen MR) is 76.3 cm³/mol. The summed E-state index contributed by atoms with van der Waals surface area (Å²) in [6.45, 7) is 8.50. The summed E-state index contributed by atoms with van der Waals surface area (Å²) in [6, 6.07) is 5.85. The van der Waals surface area contributed by atoms with E-state index in [-0.39, 0.29) is 5.41 Å². The number of ether oxygens (including phenoxy) is 1. The molecule has 1 aromatic heterocycles. The molecule has 0 saturated heterocycles. The van der Waals surface area contributed by atoms with Gasteiger partial charge in [-0.3, -0.25) is 0 Å². The number of methoxy groups -OCH3 is 1. The molecule has 1 heterocycles. The molecule has 19 heavy (non-hydrogen) atoms. The first kappa shape index (κ1) is 13.5. The van der Waals surface area contributed by atoms with E-state index in [2.05, 4.69) is 32.0 Å². The Morgan fingerprint density at radius 1 is 1.21 bits per heavy atom. The van der Waals surface area contributed by atoms with Crippen LogP contribution in [0.1, 0.15) is 31.9 Å². The molecule has 2 rings (SSSR count). The summed E-state index contributed by atoms with van der Waals surface area (Å²) < 4.78 is 10.5. The van der Waals surface area contributed by atoms with Crippen LogP contribution in [0.25, 0.3) is 11.3 Å². The predicted octanol–water partition coefficient (Wildman–Crippen LogP) is 3.54. The number of nitrogens with two attached hydrogens (primary N) is 1. The molecule has 0 aliphatic rings. The van der Waals surface area contributed by atoms with E-state index in [9.17, 15) is 0 Å². The fourth-order valence-corrected chi connectivity index (χ4v) is 2.18. The smallest absolute Gasteiger partial charge is 0.222 e. The van der Waals surface area contributed by atoms with Gasteiger partial charge in [0.2, 0.25) is 5.88 Å². The zero-order valence-electron chi connectivity index (χ0n) is 12.1. The molecular weight excluding hydrogens is 240 g/mol. The Kier molecular flexibility index (Phi) is 3.27. The number of benzene rings is 1. The topological polar surface area (TPSA) is 61.3 Å². The van der Waals surface area contributed by atoms with Gasteiger partial charge in [-0.05, 0) is 30.0 Å². The Labute approximate surface area is 113 Å². The SMILES string of the molecule is COc1c(C)cc(-c2cc(N)on2)cc1C(C)(C)C. The highest BCUT2D eigenvalue weighted by molar-refractivity contribution is 5.66. The lowest BCUT2D eigenvalue weighted by Gasteiger charge is -2.24. The van der Waals surface area contributed by atoms with Gasteiger partial charge in [-0.15, -0.1) is 0 Å². The van der Waals surface area contributed by atoms with Gasteiger partial charge in [0.05, 0.1) is 7.11 Å². The lowest BCUT2D eigenvalue weighted by atomic mass is 9.84. The summed E-state index contributed by atoms with van der Waals surface area (Å²) >= 11 is 0. The summed E-state index contributed by atoms with van der Waals surface area (Å²) in [7, 11) is 1.70. The number of aryl methyl sites for hydroxylation is 1. The van der Waals surface area contributed by atoms with Crippen molar-refractivity contribution in [3.05, 3.63) is 29.3 Å². The number of aromatic nitrogens is 1. The second kappa shape index (κ2) is 4.61. The van der Waals surface area contributed by atoms with Crippen LogP contribution in [0.4, 0.5) is 5.88 Å². The minimum absolute atomic E-state index is 0.0125. The molecule has 102 valence electrons. The Morgan fingerprint density at radius 3 is 2.37 bits per heavy atom. The monoisotopic (exact) mass is 260 g/mol. The molecule has 2 N–H and O–H groups in total. The summed E-state index contributed by atoms with van der Waals surface area (Å²) in [5.74, 6) is 1.24. The minimum Gasteiger partial charge on any atom is -0.496 e. The van der Waals surface area contributed by atoms with Crippen molar-refractivity contribution in [3.63, 3.8) is 0 Å². The maximum atomic E-state index is 5.58. The van der Waals surface area contributed by atoms with E-state index in [1.165, 1.54) is 0 Å². The Hall–Kier alpha value is -1.97. The lowest BCUT2D eigenvalue weighted by Crippen LogP contribution is -2.13. The highest BCUT2D eigenvalue weighted by Crippen LogP contribution is 2.37. The molecule has 0 saturated carbocycles. The molecule has 0 amide bonds. The molecule has 0 fully saturated rings. The summed E-state index contributed by atoms with van der Waals surface area (Å²) in [4.78, 5) is 0. The van der Waals surface area contributed by atoms with Crippen molar-refractivity contribution in [3.8, 4) is 17.0 Å². The first-order chi connectivity index (χ1) is 8.82. The van der Waals surface area contributed by atoms with Gasteiger partial charge >= 0.3 is 0 Å². The van der Waals surface area contributed by atoms with Gasteiger partial charge in [-0.2, -0.15) is 0 Å². The largest absolute Gasteiger partial charge is 0.496 e. The quantitative estimate of drug-likeness (QED) is 0.897. The van der Waals surface area contributed by atoms with Crippen LogP contribution in [0.3, 0.4) is 0 Å². The number of hydrogen-bond donors (Lipinski definition) is 1. The molecule has 0 aliphatic carbocycles. The maximum Gasteiger partial charge on any atom is 0.222 e. The number of anilines is 1. The molecule has 0 bridgehead atoms. The third-order valence-corrected chi connectivity index (χ3v) is 3.11. The molecular formula is C15H20N2O2. The van der Waals surface area contributed by atoms with Crippen LogP contribution < -0.4 is 10.5 Å². The van der Waals surface area contributed by atoms with Gasteiger partial charge in [0.25, 0.3) is 0 Å². The molecule has 0 aliphatic heterocycles. The minimum atomic E-state index is -0.0125. The Balaban J connectivity index is 2.63. The third-order valence-electron chi connectivity index (χ3n) is 3.11. The fourth-order valence-electron chi connectivity index (χ4n) is 2.18. The molecule has 0 atom stereocenters. The van der Waals surface area contributed by atoms with E-state index in [1.54, 1.807) is 13.2 Å². The van der Waals surface area contributed by atoms with Crippen LogP contribution in [-0.4, -0.2) is 12.3 Å². The summed E-state index contributed by atoms with van der Waals surface area (Å²) in [5, 5.41) is 3.96. The Bertz CT molecular complexity index is 595. The van der Waals surface area contributed by atoms with Gasteiger partial charge in [0.1, 0.15) is 11.4 Å². The van der Waals surface area contributed by atoms with Crippen molar-refractivity contribution in [1.82, 2.24) is 5.16 Å². The van der Waals surface area contributed by atoms with Crippen molar-refractivity contribution >= 4 is 5.88 Å². The number of nitrogens with zero attached hydrogens (tertiary/aromatic N) is 1. The second-order valence-electron chi connectivity index (χ2n) is 5.74. The standard InChI is InChI=1S/C15H20N2O2/c1-9-6-10(12-8-13(16)19-17-12)7-11(14(9)18-5)15(2,3)4/h6-8H,16H2,1-5H3. The van der Waals surface area contributed by atoms with Crippen LogP contribution >= 0.6 is 0 Å². The van der Waals surface area contributed by atoms with E-state index < -0.39 is 0 Å². The highest BCUT2D eigenvalue weighted by atomic mass is 16.5. The van der Waals surface area contributed by atoms with Gasteiger partial charge in [-0.1, -0.05) is 25.9 Å². The number of hydrogen-bond acceptors (Lipinski definition) is 4. The molecule has 4 nitrogen and oxygen atoms in total. The first-order valence-electron chi connectivity index (χ1n) is 6.24. The molecule has 2 aromatic rings. The van der Waals surface area contributed by atoms with Crippen LogP contribution in [0.15, 0.2) is 22.7 Å². The average molecular weight is 260 g/mol. The van der Waals surface area contributed by atoms with Crippen molar-refractivity contribution < 1.29 is 9.26 Å². The number of nitrogen functional groups attached to an aromatic ring is 1. The van der Waals surface area contributed by atoms with Crippen molar-refractivity contribution in [2.45, 2.75) is 33.1 Å². The molecule has 1 aromatic carbocycles.